The number of benzene rings is 1. The minimum atomic E-state index is -4.87. The number of rotatable bonds is 7. The molecule has 10 nitrogen and oxygen atoms in total. The number of piperidine rings is 1. The van der Waals surface area contributed by atoms with Gasteiger partial charge in [0.15, 0.2) is 16.9 Å². The Morgan fingerprint density at radius 2 is 1.83 bits per heavy atom. The first-order valence-electron chi connectivity index (χ1n) is 13.6. The largest absolute Gasteiger partial charge is 0.437 e. The summed E-state index contributed by atoms with van der Waals surface area (Å²) in [6, 6.07) is 8.98. The Hall–Kier alpha value is -3.72. The second-order valence-electron chi connectivity index (χ2n) is 10.3. The summed E-state index contributed by atoms with van der Waals surface area (Å²) in [4.78, 5) is 24.5. The van der Waals surface area contributed by atoms with Crippen LogP contribution in [-0.4, -0.2) is 63.7 Å². The molecule has 0 bridgehead atoms. The van der Waals surface area contributed by atoms with E-state index in [1.807, 2.05) is 11.8 Å². The number of pyridine rings is 1. The maximum atomic E-state index is 13.9. The van der Waals surface area contributed by atoms with Gasteiger partial charge in [0.1, 0.15) is 11.6 Å². The summed E-state index contributed by atoms with van der Waals surface area (Å²) in [7, 11) is 0. The van der Waals surface area contributed by atoms with E-state index >= 15 is 0 Å². The number of hydrogen-bond donors (Lipinski definition) is 2. The molecule has 2 fully saturated rings. The van der Waals surface area contributed by atoms with Crippen molar-refractivity contribution < 1.29 is 31.0 Å². The second kappa shape index (κ2) is 12.7. The van der Waals surface area contributed by atoms with Gasteiger partial charge in [-0.1, -0.05) is 19.1 Å². The molecule has 226 valence electrons. The molecule has 2 saturated heterocycles. The van der Waals surface area contributed by atoms with E-state index in [0.29, 0.717) is 51.5 Å². The zero-order valence-corrected chi connectivity index (χ0v) is 23.7. The summed E-state index contributed by atoms with van der Waals surface area (Å²) in [5, 5.41) is 2.43. The van der Waals surface area contributed by atoms with Crippen molar-refractivity contribution >= 4 is 40.3 Å². The van der Waals surface area contributed by atoms with E-state index in [1.165, 1.54) is 24.4 Å². The van der Waals surface area contributed by atoms with Crippen molar-refractivity contribution in [2.45, 2.75) is 32.4 Å². The van der Waals surface area contributed by atoms with Crippen LogP contribution in [0.2, 0.25) is 0 Å². The van der Waals surface area contributed by atoms with Crippen LogP contribution in [0.25, 0.3) is 0 Å². The Morgan fingerprint density at radius 1 is 1.05 bits per heavy atom. The highest BCUT2D eigenvalue weighted by Gasteiger charge is 2.42. The van der Waals surface area contributed by atoms with Crippen molar-refractivity contribution in [3.63, 3.8) is 0 Å². The topological polar surface area (TPSA) is 107 Å². The number of alkyl halides is 3. The summed E-state index contributed by atoms with van der Waals surface area (Å²) in [6.45, 7) is 5.01. The van der Waals surface area contributed by atoms with Gasteiger partial charge in [-0.2, -0.15) is 18.2 Å². The molecule has 3 aromatic rings. The summed E-state index contributed by atoms with van der Waals surface area (Å²) in [6.07, 6.45) is -1.10. The molecule has 0 saturated carbocycles. The highest BCUT2D eigenvalue weighted by molar-refractivity contribution is 7.84. The minimum Gasteiger partial charge on any atom is -0.417 e. The molecule has 2 N–H and O–H groups in total. The first-order chi connectivity index (χ1) is 20.1. The quantitative estimate of drug-likeness (QED) is 0.367. The number of nitrogens with zero attached hydrogens (tertiary/aromatic N) is 5. The molecule has 2 unspecified atom stereocenters. The zero-order chi connectivity index (χ0) is 29.9. The number of anilines is 4. The third kappa shape index (κ3) is 7.01. The lowest BCUT2D eigenvalue weighted by atomic mass is 10.0. The third-order valence-electron chi connectivity index (χ3n) is 7.11. The van der Waals surface area contributed by atoms with Gasteiger partial charge in [-0.05, 0) is 49.4 Å². The lowest BCUT2D eigenvalue weighted by molar-refractivity contribution is -0.141. The molecule has 15 heteroatoms. The highest BCUT2D eigenvalue weighted by Crippen LogP contribution is 2.35. The maximum absolute atomic E-state index is 13.9. The lowest BCUT2D eigenvalue weighted by Gasteiger charge is -2.29. The molecule has 0 aliphatic carbocycles. The molecular formula is C27H31F4N7O3S. The average molecular weight is 610 g/mol. The molecule has 1 amide bonds. The van der Waals surface area contributed by atoms with Crippen LogP contribution in [0.15, 0.2) is 47.0 Å². The highest BCUT2D eigenvalue weighted by atomic mass is 32.2. The van der Waals surface area contributed by atoms with Gasteiger partial charge in [0.25, 0.3) is 11.9 Å². The SMILES string of the molecule is CC1CCCN(c2nc(C(F)(F)F)c(C(=O)Nc3ccc(N4CCCN(S(=O)Nc5ccccc5F)CC4)nc3)o2)C1. The molecule has 2 aliphatic rings. The van der Waals surface area contributed by atoms with Gasteiger partial charge >= 0.3 is 6.18 Å². The number of aromatic nitrogens is 2. The summed E-state index contributed by atoms with van der Waals surface area (Å²) in [5.74, 6) is -1.61. The number of carbonyl (C=O) groups is 1. The molecule has 0 spiro atoms. The second-order valence-corrected chi connectivity index (χ2v) is 11.5. The molecule has 5 rings (SSSR count). The lowest BCUT2D eigenvalue weighted by Crippen LogP contribution is -2.35. The predicted molar refractivity (Wildman–Crippen MR) is 151 cm³/mol. The van der Waals surface area contributed by atoms with Crippen LogP contribution < -0.4 is 19.8 Å². The standard InChI is InChI=1S/C27H31F4N7O3S/c1-18-6-4-11-37(17-18)26-34-24(27(29,30)31)23(41-26)25(39)33-19-9-10-22(32-16-19)36-12-5-13-38(15-14-36)42(40)35-21-8-3-2-7-20(21)28/h2-3,7-10,16,18,35H,4-6,11-15,17H2,1H3,(H,33,39). The van der Waals surface area contributed by atoms with E-state index in [1.54, 1.807) is 27.4 Å². The molecular weight excluding hydrogens is 578 g/mol. The van der Waals surface area contributed by atoms with Gasteiger partial charge in [-0.15, -0.1) is 0 Å². The van der Waals surface area contributed by atoms with Crippen LogP contribution in [0.5, 0.6) is 0 Å². The maximum Gasteiger partial charge on any atom is 0.437 e. The van der Waals surface area contributed by atoms with E-state index in [2.05, 4.69) is 20.0 Å². The summed E-state index contributed by atoms with van der Waals surface area (Å²) >= 11 is -1.64. The Balaban J connectivity index is 1.21. The zero-order valence-electron chi connectivity index (χ0n) is 22.9. The molecule has 4 heterocycles. The number of halogens is 4. The average Bonchev–Trinajstić information content (AvgIpc) is 3.28. The van der Waals surface area contributed by atoms with Crippen molar-refractivity contribution in [1.82, 2.24) is 14.3 Å². The van der Waals surface area contributed by atoms with Crippen LogP contribution in [0.1, 0.15) is 42.4 Å². The minimum absolute atomic E-state index is 0.154. The molecule has 2 aromatic heterocycles. The Labute approximate surface area is 242 Å². The molecule has 0 radical (unpaired) electrons. The van der Waals surface area contributed by atoms with Crippen LogP contribution in [0, 0.1) is 11.7 Å². The Morgan fingerprint density at radius 3 is 2.55 bits per heavy atom. The molecule has 1 aromatic carbocycles. The van der Waals surface area contributed by atoms with Gasteiger partial charge < -0.3 is 19.5 Å². The van der Waals surface area contributed by atoms with Crippen molar-refractivity contribution in [2.75, 3.05) is 59.1 Å². The van der Waals surface area contributed by atoms with Gasteiger partial charge in [0, 0.05) is 39.3 Å². The predicted octanol–water partition coefficient (Wildman–Crippen LogP) is 4.92. The van der Waals surface area contributed by atoms with E-state index in [4.69, 9.17) is 4.42 Å². The van der Waals surface area contributed by atoms with Crippen LogP contribution in [0.3, 0.4) is 0 Å². The third-order valence-corrected chi connectivity index (χ3v) is 8.34. The number of carbonyl (C=O) groups excluding carboxylic acids is 1. The van der Waals surface area contributed by atoms with Gasteiger partial charge in [-0.3, -0.25) is 9.52 Å². The van der Waals surface area contributed by atoms with E-state index < -0.39 is 40.5 Å². The Kier molecular flexibility index (Phi) is 8.96. The first-order valence-corrected chi connectivity index (χ1v) is 14.7. The Bertz CT molecular complexity index is 1420. The van der Waals surface area contributed by atoms with Crippen molar-refractivity contribution in [1.29, 1.82) is 0 Å². The van der Waals surface area contributed by atoms with Gasteiger partial charge in [-0.25, -0.2) is 17.9 Å². The van der Waals surface area contributed by atoms with E-state index in [-0.39, 0.29) is 23.3 Å². The van der Waals surface area contributed by atoms with E-state index in [9.17, 15) is 26.6 Å². The number of amides is 1. The van der Waals surface area contributed by atoms with Crippen LogP contribution in [0.4, 0.5) is 40.8 Å². The molecule has 2 aliphatic heterocycles. The monoisotopic (exact) mass is 609 g/mol. The fourth-order valence-corrected chi connectivity index (χ4v) is 6.00. The first kappa shape index (κ1) is 29.8. The fourth-order valence-electron chi connectivity index (χ4n) is 4.98. The van der Waals surface area contributed by atoms with Crippen molar-refractivity contribution in [2.24, 2.45) is 5.92 Å². The van der Waals surface area contributed by atoms with Crippen molar-refractivity contribution in [3.05, 3.63) is 59.9 Å². The summed E-state index contributed by atoms with van der Waals surface area (Å²) in [5.41, 5.74) is -1.02. The van der Waals surface area contributed by atoms with Gasteiger partial charge in [0.2, 0.25) is 5.76 Å². The summed E-state index contributed by atoms with van der Waals surface area (Å²) < 4.78 is 77.6. The molecule has 2 atom stereocenters. The fraction of sp³-hybridized carbons (Fsp3) is 0.444. The van der Waals surface area contributed by atoms with Gasteiger partial charge in [0.05, 0.1) is 17.6 Å². The number of nitrogens with one attached hydrogen (secondary N) is 2. The molecule has 42 heavy (non-hydrogen) atoms. The van der Waals surface area contributed by atoms with Crippen LogP contribution in [-0.2, 0) is 17.3 Å². The van der Waals surface area contributed by atoms with Crippen molar-refractivity contribution in [3.8, 4) is 0 Å². The number of oxazole rings is 1. The van der Waals surface area contributed by atoms with Crippen LogP contribution >= 0.6 is 0 Å². The van der Waals surface area contributed by atoms with E-state index in [0.717, 1.165) is 12.8 Å². The normalized spacial score (nSPS) is 19.3. The smallest absolute Gasteiger partial charge is 0.417 e. The number of para-hydroxylation sites is 1. The number of hydrogen-bond acceptors (Lipinski definition) is 7.